The van der Waals surface area contributed by atoms with E-state index in [4.69, 9.17) is 10.00 Å². The number of aldehydes is 1. The number of ether oxygens (including phenoxy) is 1. The molecule has 1 aromatic carbocycles. The number of hydrogen-bond donors (Lipinski definition) is 0. The molecule has 0 saturated heterocycles. The number of carbonyl (C=O) groups excluding carboxylic acids is 3. The van der Waals surface area contributed by atoms with Crippen LogP contribution < -0.4 is 0 Å². The third-order valence-corrected chi connectivity index (χ3v) is 2.59. The fraction of sp³-hybridized carbons (Fsp3) is 0.286. The Labute approximate surface area is 116 Å². The van der Waals surface area contributed by atoms with Gasteiger partial charge < -0.3 is 9.64 Å². The highest BCUT2D eigenvalue weighted by atomic mass is 16.5. The van der Waals surface area contributed by atoms with Crippen molar-refractivity contribution in [1.29, 1.82) is 5.26 Å². The van der Waals surface area contributed by atoms with Gasteiger partial charge in [0.2, 0.25) is 0 Å². The van der Waals surface area contributed by atoms with Crippen molar-refractivity contribution in [2.24, 2.45) is 0 Å². The third-order valence-electron chi connectivity index (χ3n) is 2.59. The monoisotopic (exact) mass is 274 g/mol. The third kappa shape index (κ3) is 4.53. The van der Waals surface area contributed by atoms with E-state index in [1.807, 2.05) is 6.07 Å². The van der Waals surface area contributed by atoms with Gasteiger partial charge in [-0.05, 0) is 12.1 Å². The zero-order valence-electron chi connectivity index (χ0n) is 11.0. The normalized spacial score (nSPS) is 9.40. The van der Waals surface area contributed by atoms with Crippen molar-refractivity contribution in [2.45, 2.75) is 6.42 Å². The molecule has 1 aromatic rings. The fourth-order valence-electron chi connectivity index (χ4n) is 1.36. The minimum Gasteiger partial charge on any atom is -0.452 e. The summed E-state index contributed by atoms with van der Waals surface area (Å²) in [5, 5.41) is 8.41. The summed E-state index contributed by atoms with van der Waals surface area (Å²) in [7, 11) is 1.53. The van der Waals surface area contributed by atoms with Crippen LogP contribution in [0.1, 0.15) is 27.1 Å². The summed E-state index contributed by atoms with van der Waals surface area (Å²) in [6.45, 7) is -0.0862. The lowest BCUT2D eigenvalue weighted by Gasteiger charge is -2.15. The number of hydrogen-bond acceptors (Lipinski definition) is 5. The number of benzene rings is 1. The van der Waals surface area contributed by atoms with E-state index < -0.39 is 5.97 Å². The minimum atomic E-state index is -0.635. The predicted octanol–water partition coefficient (Wildman–Crippen LogP) is 1.03. The van der Waals surface area contributed by atoms with Gasteiger partial charge in [-0.25, -0.2) is 4.79 Å². The van der Waals surface area contributed by atoms with Crippen LogP contribution in [0.2, 0.25) is 0 Å². The first kappa shape index (κ1) is 15.4. The molecule has 0 unspecified atom stereocenters. The van der Waals surface area contributed by atoms with E-state index in [9.17, 15) is 14.4 Å². The van der Waals surface area contributed by atoms with Crippen molar-refractivity contribution in [3.8, 4) is 6.07 Å². The first-order valence-electron chi connectivity index (χ1n) is 5.91. The van der Waals surface area contributed by atoms with Gasteiger partial charge in [-0.2, -0.15) is 5.26 Å². The molecule has 0 atom stereocenters. The molecule has 104 valence electrons. The second kappa shape index (κ2) is 7.69. The van der Waals surface area contributed by atoms with Crippen LogP contribution in [-0.2, 0) is 9.53 Å². The number of carbonyl (C=O) groups is 3. The molecule has 6 nitrogen and oxygen atoms in total. The number of esters is 1. The number of likely N-dealkylation sites (N-methyl/N-ethyl adjacent to an activating group) is 1. The standard InChI is InChI=1S/C14H14N2O4/c1-16(8-2-7-15)13(18)10-20-14(19)12-5-3-11(9-17)4-6-12/h3-6,9H,2,8,10H2,1H3. The molecule has 1 amide bonds. The van der Waals surface area contributed by atoms with Crippen molar-refractivity contribution in [1.82, 2.24) is 4.90 Å². The summed E-state index contributed by atoms with van der Waals surface area (Å²) in [5.41, 5.74) is 0.719. The smallest absolute Gasteiger partial charge is 0.338 e. The Morgan fingerprint density at radius 2 is 2.00 bits per heavy atom. The summed E-state index contributed by atoms with van der Waals surface area (Å²) in [4.78, 5) is 35.0. The fourth-order valence-corrected chi connectivity index (χ4v) is 1.36. The molecular formula is C14H14N2O4. The van der Waals surface area contributed by atoms with E-state index in [0.717, 1.165) is 0 Å². The highest BCUT2D eigenvalue weighted by Crippen LogP contribution is 2.04. The molecule has 0 radical (unpaired) electrons. The van der Waals surface area contributed by atoms with Crippen molar-refractivity contribution < 1.29 is 19.1 Å². The minimum absolute atomic E-state index is 0.226. The highest BCUT2D eigenvalue weighted by Gasteiger charge is 2.13. The molecule has 0 aliphatic rings. The number of nitriles is 1. The average molecular weight is 274 g/mol. The van der Waals surface area contributed by atoms with E-state index in [0.29, 0.717) is 18.4 Å². The van der Waals surface area contributed by atoms with Gasteiger partial charge in [-0.1, -0.05) is 12.1 Å². The van der Waals surface area contributed by atoms with Crippen molar-refractivity contribution in [3.05, 3.63) is 35.4 Å². The van der Waals surface area contributed by atoms with Crippen LogP contribution in [0.5, 0.6) is 0 Å². The van der Waals surface area contributed by atoms with Crippen LogP contribution in [0.25, 0.3) is 0 Å². The maximum atomic E-state index is 11.7. The van der Waals surface area contributed by atoms with Crippen molar-refractivity contribution in [2.75, 3.05) is 20.2 Å². The molecule has 0 saturated carbocycles. The van der Waals surface area contributed by atoms with E-state index in [2.05, 4.69) is 0 Å². The summed E-state index contributed by atoms with van der Waals surface area (Å²) >= 11 is 0. The maximum absolute atomic E-state index is 11.7. The lowest BCUT2D eigenvalue weighted by molar-refractivity contribution is -0.133. The van der Waals surface area contributed by atoms with Crippen LogP contribution in [0.3, 0.4) is 0 Å². The topological polar surface area (TPSA) is 87.5 Å². The van der Waals surface area contributed by atoms with Crippen LogP contribution in [0.4, 0.5) is 0 Å². The van der Waals surface area contributed by atoms with E-state index in [-0.39, 0.29) is 24.5 Å². The van der Waals surface area contributed by atoms with Gasteiger partial charge in [0.05, 0.1) is 18.1 Å². The number of amides is 1. The molecule has 1 rings (SSSR count). The molecular weight excluding hydrogens is 260 g/mol. The van der Waals surface area contributed by atoms with Crippen LogP contribution in [0.15, 0.2) is 24.3 Å². The molecule has 0 fully saturated rings. The lowest BCUT2D eigenvalue weighted by Crippen LogP contribution is -2.31. The molecule has 0 spiro atoms. The average Bonchev–Trinajstić information content (AvgIpc) is 2.49. The summed E-state index contributed by atoms with van der Waals surface area (Å²) in [6.07, 6.45) is 0.895. The predicted molar refractivity (Wildman–Crippen MR) is 70.0 cm³/mol. The molecule has 6 heteroatoms. The SMILES string of the molecule is CN(CCC#N)C(=O)COC(=O)c1ccc(C=O)cc1. The first-order valence-corrected chi connectivity index (χ1v) is 5.91. The Hall–Kier alpha value is -2.68. The molecule has 20 heavy (non-hydrogen) atoms. The van der Waals surface area contributed by atoms with Crippen LogP contribution >= 0.6 is 0 Å². The highest BCUT2D eigenvalue weighted by molar-refractivity contribution is 5.92. The molecule has 0 aliphatic carbocycles. The quantitative estimate of drug-likeness (QED) is 0.571. The van der Waals surface area contributed by atoms with E-state index in [1.165, 1.54) is 36.2 Å². The Bertz CT molecular complexity index is 531. The van der Waals surface area contributed by atoms with Crippen molar-refractivity contribution >= 4 is 18.2 Å². The second-order valence-electron chi connectivity index (χ2n) is 4.04. The molecule has 0 bridgehead atoms. The second-order valence-corrected chi connectivity index (χ2v) is 4.04. The molecule has 0 aliphatic heterocycles. The Morgan fingerprint density at radius 1 is 1.35 bits per heavy atom. The van der Waals surface area contributed by atoms with Gasteiger partial charge in [0.25, 0.3) is 5.91 Å². The van der Waals surface area contributed by atoms with Gasteiger partial charge in [0.15, 0.2) is 6.61 Å². The summed E-state index contributed by atoms with van der Waals surface area (Å²) in [6, 6.07) is 7.81. The van der Waals surface area contributed by atoms with Gasteiger partial charge in [-0.3, -0.25) is 9.59 Å². The zero-order chi connectivity index (χ0) is 15.0. The number of nitrogens with zero attached hydrogens (tertiary/aromatic N) is 2. The lowest BCUT2D eigenvalue weighted by atomic mass is 10.1. The van der Waals surface area contributed by atoms with Gasteiger partial charge in [-0.15, -0.1) is 0 Å². The van der Waals surface area contributed by atoms with Crippen molar-refractivity contribution in [3.63, 3.8) is 0 Å². The van der Waals surface area contributed by atoms with E-state index >= 15 is 0 Å². The van der Waals surface area contributed by atoms with Crippen LogP contribution in [-0.4, -0.2) is 43.3 Å². The summed E-state index contributed by atoms with van der Waals surface area (Å²) < 4.78 is 4.86. The number of rotatable bonds is 6. The Balaban J connectivity index is 2.48. The largest absolute Gasteiger partial charge is 0.452 e. The van der Waals surface area contributed by atoms with Crippen LogP contribution in [0, 0.1) is 11.3 Å². The molecule has 0 aromatic heterocycles. The van der Waals surface area contributed by atoms with Gasteiger partial charge in [0.1, 0.15) is 6.29 Å². The first-order chi connectivity index (χ1) is 9.58. The summed E-state index contributed by atoms with van der Waals surface area (Å²) in [5.74, 6) is -1.01. The van der Waals surface area contributed by atoms with E-state index in [1.54, 1.807) is 0 Å². The molecule has 0 N–H and O–H groups in total. The Kier molecular flexibility index (Phi) is 5.91. The Morgan fingerprint density at radius 3 is 2.55 bits per heavy atom. The maximum Gasteiger partial charge on any atom is 0.338 e. The zero-order valence-corrected chi connectivity index (χ0v) is 11.0. The van der Waals surface area contributed by atoms with Gasteiger partial charge in [0, 0.05) is 19.2 Å². The molecule has 0 heterocycles. The van der Waals surface area contributed by atoms with Gasteiger partial charge >= 0.3 is 5.97 Å².